The molecule has 78 valence electrons. The monoisotopic (exact) mass is 266 g/mol. The van der Waals surface area contributed by atoms with Crippen molar-refractivity contribution >= 4 is 21.6 Å². The number of hydrogen-bond donors (Lipinski definition) is 2. The Kier molecular flexibility index (Phi) is 3.77. The zero-order chi connectivity index (χ0) is 10.7. The molecule has 0 bridgehead atoms. The number of nitrogens with zero attached hydrogens (tertiary/aromatic N) is 1. The average molecular weight is 267 g/mol. The molecule has 1 rings (SSSR count). The number of aliphatic hydroxyl groups excluding tert-OH is 1. The van der Waals surface area contributed by atoms with Crippen molar-refractivity contribution in [1.29, 1.82) is 0 Å². The number of anilines is 1. The normalized spacial score (nSPS) is 10.9. The molecule has 0 aliphatic heterocycles. The first-order valence-electron chi connectivity index (χ1n) is 3.83. The van der Waals surface area contributed by atoms with Crippen LogP contribution < -0.4 is 5.73 Å². The number of nitrogen functional groups attached to an aromatic ring is 1. The topological polar surface area (TPSA) is 59.1 Å². The number of aromatic nitrogens is 1. The molecule has 1 aromatic heterocycles. The number of halogens is 3. The standard InChI is InChI=1S/C8H9BrF2N2O/c9-2-5-1-4(3-14)6(12)7(13-5)8(10)11/h1,8,14H,2-3,12H2. The number of hydrogen-bond acceptors (Lipinski definition) is 3. The zero-order valence-corrected chi connectivity index (χ0v) is 8.76. The maximum Gasteiger partial charge on any atom is 0.282 e. The van der Waals surface area contributed by atoms with Crippen LogP contribution in [-0.4, -0.2) is 10.1 Å². The SMILES string of the molecule is Nc1c(CO)cc(CBr)nc1C(F)F. The van der Waals surface area contributed by atoms with Crippen LogP contribution in [0.1, 0.15) is 23.4 Å². The van der Waals surface area contributed by atoms with Crippen molar-refractivity contribution < 1.29 is 13.9 Å². The Hall–Kier alpha value is -0.750. The minimum atomic E-state index is -2.72. The Bertz CT molecular complexity index is 333. The molecule has 3 N–H and O–H groups in total. The van der Waals surface area contributed by atoms with E-state index in [2.05, 4.69) is 20.9 Å². The van der Waals surface area contributed by atoms with Gasteiger partial charge in [0.1, 0.15) is 5.69 Å². The molecular formula is C8H9BrF2N2O. The fraction of sp³-hybridized carbons (Fsp3) is 0.375. The molecule has 14 heavy (non-hydrogen) atoms. The largest absolute Gasteiger partial charge is 0.397 e. The average Bonchev–Trinajstić information content (AvgIpc) is 2.17. The molecule has 0 unspecified atom stereocenters. The van der Waals surface area contributed by atoms with Crippen molar-refractivity contribution in [1.82, 2.24) is 4.98 Å². The highest BCUT2D eigenvalue weighted by atomic mass is 79.9. The van der Waals surface area contributed by atoms with Crippen molar-refractivity contribution in [3.63, 3.8) is 0 Å². The molecule has 0 saturated heterocycles. The Labute approximate surface area is 88.1 Å². The molecule has 0 atom stereocenters. The van der Waals surface area contributed by atoms with Crippen molar-refractivity contribution in [2.24, 2.45) is 0 Å². The van der Waals surface area contributed by atoms with Crippen LogP contribution in [0.25, 0.3) is 0 Å². The zero-order valence-electron chi connectivity index (χ0n) is 7.17. The summed E-state index contributed by atoms with van der Waals surface area (Å²) in [5, 5.41) is 9.22. The van der Waals surface area contributed by atoms with Gasteiger partial charge in [-0.2, -0.15) is 0 Å². The molecule has 0 aromatic carbocycles. The van der Waals surface area contributed by atoms with E-state index in [9.17, 15) is 8.78 Å². The van der Waals surface area contributed by atoms with E-state index in [-0.39, 0.29) is 17.9 Å². The van der Waals surface area contributed by atoms with Gasteiger partial charge in [-0.1, -0.05) is 15.9 Å². The van der Waals surface area contributed by atoms with E-state index in [4.69, 9.17) is 10.8 Å². The van der Waals surface area contributed by atoms with Crippen molar-refractivity contribution in [3.8, 4) is 0 Å². The van der Waals surface area contributed by atoms with Gasteiger partial charge in [0.05, 0.1) is 18.0 Å². The second-order valence-corrected chi connectivity index (χ2v) is 3.22. The van der Waals surface area contributed by atoms with Gasteiger partial charge < -0.3 is 10.8 Å². The van der Waals surface area contributed by atoms with Gasteiger partial charge in [0, 0.05) is 10.9 Å². The van der Waals surface area contributed by atoms with E-state index in [0.717, 1.165) is 0 Å². The lowest BCUT2D eigenvalue weighted by atomic mass is 10.1. The van der Waals surface area contributed by atoms with Gasteiger partial charge in [-0.25, -0.2) is 13.8 Å². The van der Waals surface area contributed by atoms with Crippen LogP contribution in [0, 0.1) is 0 Å². The molecular weight excluding hydrogens is 258 g/mol. The molecule has 1 heterocycles. The minimum Gasteiger partial charge on any atom is -0.397 e. The molecule has 0 fully saturated rings. The number of aliphatic hydroxyl groups is 1. The first-order chi connectivity index (χ1) is 6.60. The van der Waals surface area contributed by atoms with Crippen LogP contribution in [0.3, 0.4) is 0 Å². The Morgan fingerprint density at radius 3 is 2.64 bits per heavy atom. The number of pyridine rings is 1. The number of rotatable bonds is 3. The summed E-state index contributed by atoms with van der Waals surface area (Å²) in [6, 6.07) is 1.50. The molecule has 0 aliphatic carbocycles. The van der Waals surface area contributed by atoms with Crippen molar-refractivity contribution in [3.05, 3.63) is 23.0 Å². The Balaban J connectivity index is 3.27. The van der Waals surface area contributed by atoms with Gasteiger partial charge >= 0.3 is 0 Å². The first kappa shape index (κ1) is 11.3. The number of alkyl halides is 3. The van der Waals surface area contributed by atoms with Crippen molar-refractivity contribution in [2.75, 3.05) is 5.73 Å². The summed E-state index contributed by atoms with van der Waals surface area (Å²) in [6.45, 7) is -0.367. The third-order valence-corrected chi connectivity index (χ3v) is 2.32. The van der Waals surface area contributed by atoms with Gasteiger partial charge in [0.2, 0.25) is 0 Å². The van der Waals surface area contributed by atoms with E-state index < -0.39 is 12.1 Å². The molecule has 6 heteroatoms. The lowest BCUT2D eigenvalue weighted by molar-refractivity contribution is 0.146. The molecule has 0 saturated carbocycles. The smallest absolute Gasteiger partial charge is 0.282 e. The second-order valence-electron chi connectivity index (χ2n) is 2.66. The summed E-state index contributed by atoms with van der Waals surface area (Å²) < 4.78 is 24.8. The van der Waals surface area contributed by atoms with E-state index in [1.54, 1.807) is 0 Å². The second kappa shape index (κ2) is 4.65. The fourth-order valence-electron chi connectivity index (χ4n) is 1.06. The predicted octanol–water partition coefficient (Wildman–Crippen LogP) is 1.99. The molecule has 0 amide bonds. The summed E-state index contributed by atoms with van der Waals surface area (Å²) in [5.74, 6) is 0. The summed E-state index contributed by atoms with van der Waals surface area (Å²) in [6.07, 6.45) is -2.72. The Morgan fingerprint density at radius 2 is 2.21 bits per heavy atom. The predicted molar refractivity (Wildman–Crippen MR) is 52.2 cm³/mol. The maximum atomic E-state index is 12.4. The van der Waals surface area contributed by atoms with Gasteiger partial charge in [-0.15, -0.1) is 0 Å². The summed E-state index contributed by atoms with van der Waals surface area (Å²) >= 11 is 3.10. The van der Waals surface area contributed by atoms with Crippen LogP contribution in [0.15, 0.2) is 6.07 Å². The van der Waals surface area contributed by atoms with Crippen LogP contribution in [0.2, 0.25) is 0 Å². The van der Waals surface area contributed by atoms with Gasteiger partial charge in [0.25, 0.3) is 6.43 Å². The quantitative estimate of drug-likeness (QED) is 0.823. The Morgan fingerprint density at radius 1 is 1.57 bits per heavy atom. The van der Waals surface area contributed by atoms with Gasteiger partial charge in [0.15, 0.2) is 0 Å². The summed E-state index contributed by atoms with van der Waals surface area (Å²) in [4.78, 5) is 3.67. The summed E-state index contributed by atoms with van der Waals surface area (Å²) in [7, 11) is 0. The van der Waals surface area contributed by atoms with Crippen LogP contribution >= 0.6 is 15.9 Å². The highest BCUT2D eigenvalue weighted by Gasteiger charge is 2.17. The van der Waals surface area contributed by atoms with Crippen LogP contribution in [0.5, 0.6) is 0 Å². The van der Waals surface area contributed by atoms with Gasteiger partial charge in [-0.3, -0.25) is 0 Å². The molecule has 1 aromatic rings. The minimum absolute atomic E-state index is 0.132. The lowest BCUT2D eigenvalue weighted by Crippen LogP contribution is -2.05. The van der Waals surface area contributed by atoms with Crippen LogP contribution in [0.4, 0.5) is 14.5 Å². The van der Waals surface area contributed by atoms with E-state index in [0.29, 0.717) is 11.0 Å². The maximum absolute atomic E-state index is 12.4. The fourth-order valence-corrected chi connectivity index (χ4v) is 1.34. The molecule has 0 radical (unpaired) electrons. The lowest BCUT2D eigenvalue weighted by Gasteiger charge is -2.09. The van der Waals surface area contributed by atoms with Crippen LogP contribution in [-0.2, 0) is 11.9 Å². The first-order valence-corrected chi connectivity index (χ1v) is 4.95. The molecule has 0 aliphatic rings. The third-order valence-electron chi connectivity index (χ3n) is 1.74. The summed E-state index contributed by atoms with van der Waals surface area (Å²) in [5.41, 5.74) is 5.51. The van der Waals surface area contributed by atoms with Crippen molar-refractivity contribution in [2.45, 2.75) is 18.4 Å². The molecule has 0 spiro atoms. The van der Waals surface area contributed by atoms with Gasteiger partial charge in [-0.05, 0) is 6.07 Å². The highest BCUT2D eigenvalue weighted by molar-refractivity contribution is 9.08. The van der Waals surface area contributed by atoms with E-state index in [1.807, 2.05) is 0 Å². The molecule has 3 nitrogen and oxygen atoms in total. The number of nitrogens with two attached hydrogens (primary N) is 1. The highest BCUT2D eigenvalue weighted by Crippen LogP contribution is 2.27. The van der Waals surface area contributed by atoms with E-state index in [1.165, 1.54) is 6.07 Å². The third kappa shape index (κ3) is 2.19. The van der Waals surface area contributed by atoms with E-state index >= 15 is 0 Å².